The summed E-state index contributed by atoms with van der Waals surface area (Å²) >= 11 is 0. The summed E-state index contributed by atoms with van der Waals surface area (Å²) in [7, 11) is -3.18. The molecule has 0 heterocycles. The van der Waals surface area contributed by atoms with E-state index in [0.717, 1.165) is 0 Å². The molecule has 0 amide bonds. The number of rotatable bonds is 4. The fraction of sp³-hybridized carbons (Fsp3) is 0.273. The lowest BCUT2D eigenvalue weighted by molar-refractivity contribution is 0.602. The first-order valence-electron chi connectivity index (χ1n) is 4.52. The number of terminal acetylenes is 1. The molecule has 1 N–H and O–H groups in total. The zero-order chi connectivity index (χ0) is 11.3. The Balaban J connectivity index is 2.94. The van der Waals surface area contributed by atoms with E-state index in [-0.39, 0.29) is 0 Å². The lowest BCUT2D eigenvalue weighted by Gasteiger charge is -2.08. The van der Waals surface area contributed by atoms with Crippen molar-refractivity contribution in [3.05, 3.63) is 24.3 Å². The molecule has 0 aliphatic carbocycles. The molecule has 0 aliphatic rings. The quantitative estimate of drug-likeness (QED) is 0.622. The second-order valence-corrected chi connectivity index (χ2v) is 5.13. The lowest BCUT2D eigenvalue weighted by Crippen LogP contribution is -2.06. The van der Waals surface area contributed by atoms with Gasteiger partial charge in [-0.25, -0.2) is 8.42 Å². The number of hydrogen-bond acceptors (Lipinski definition) is 3. The largest absolute Gasteiger partial charge is 0.383 e. The van der Waals surface area contributed by atoms with Gasteiger partial charge in [0.15, 0.2) is 9.84 Å². The fourth-order valence-electron chi connectivity index (χ4n) is 1.21. The van der Waals surface area contributed by atoms with Crippen LogP contribution < -0.4 is 5.32 Å². The van der Waals surface area contributed by atoms with Gasteiger partial charge in [0.05, 0.1) is 10.6 Å². The van der Waals surface area contributed by atoms with Gasteiger partial charge in [-0.1, -0.05) is 12.1 Å². The fourth-order valence-corrected chi connectivity index (χ4v) is 2.07. The van der Waals surface area contributed by atoms with Gasteiger partial charge in [0.2, 0.25) is 0 Å². The van der Waals surface area contributed by atoms with Crippen LogP contribution in [0.3, 0.4) is 0 Å². The van der Waals surface area contributed by atoms with Crippen LogP contribution in [-0.4, -0.2) is 21.2 Å². The van der Waals surface area contributed by atoms with E-state index in [4.69, 9.17) is 6.42 Å². The van der Waals surface area contributed by atoms with Crippen molar-refractivity contribution in [3.63, 3.8) is 0 Å². The van der Waals surface area contributed by atoms with Crippen LogP contribution in [0.4, 0.5) is 5.69 Å². The second-order valence-electron chi connectivity index (χ2n) is 3.15. The molecule has 0 unspecified atom stereocenters. The number of anilines is 1. The molecule has 80 valence electrons. The average molecular weight is 223 g/mol. The summed E-state index contributed by atoms with van der Waals surface area (Å²) < 4.78 is 22.8. The first kappa shape index (κ1) is 11.6. The Hall–Kier alpha value is -1.47. The van der Waals surface area contributed by atoms with Crippen molar-refractivity contribution < 1.29 is 8.42 Å². The predicted molar refractivity (Wildman–Crippen MR) is 61.5 cm³/mol. The van der Waals surface area contributed by atoms with E-state index < -0.39 is 9.84 Å². The zero-order valence-electron chi connectivity index (χ0n) is 8.53. The molecule has 1 aromatic rings. The molecule has 0 saturated heterocycles. The molecule has 1 rings (SSSR count). The summed E-state index contributed by atoms with van der Waals surface area (Å²) in [5.41, 5.74) is 0.607. The van der Waals surface area contributed by atoms with Crippen molar-refractivity contribution in [2.45, 2.75) is 11.3 Å². The second kappa shape index (κ2) is 4.85. The molecule has 1 aromatic carbocycles. The Bertz CT molecular complexity index is 472. The van der Waals surface area contributed by atoms with Crippen LogP contribution in [0.5, 0.6) is 0 Å². The number of hydrogen-bond donors (Lipinski definition) is 1. The van der Waals surface area contributed by atoms with Crippen LogP contribution in [0.25, 0.3) is 0 Å². The summed E-state index contributed by atoms with van der Waals surface area (Å²) in [6.45, 7) is 0.572. The molecule has 3 nitrogen and oxygen atoms in total. The molecule has 0 saturated carbocycles. The van der Waals surface area contributed by atoms with Gasteiger partial charge in [-0.15, -0.1) is 12.3 Å². The molecular weight excluding hydrogens is 210 g/mol. The maximum Gasteiger partial charge on any atom is 0.177 e. The van der Waals surface area contributed by atoms with E-state index in [1.165, 1.54) is 6.26 Å². The van der Waals surface area contributed by atoms with Gasteiger partial charge in [-0.3, -0.25) is 0 Å². The minimum absolute atomic E-state index is 0.307. The minimum atomic E-state index is -3.18. The smallest absolute Gasteiger partial charge is 0.177 e. The molecule has 0 bridgehead atoms. The summed E-state index contributed by atoms with van der Waals surface area (Å²) in [5.74, 6) is 2.48. The van der Waals surface area contributed by atoms with Gasteiger partial charge in [0.25, 0.3) is 0 Å². The first-order valence-corrected chi connectivity index (χ1v) is 6.41. The molecule has 0 aliphatic heterocycles. The molecule has 0 aromatic heterocycles. The predicted octanol–water partition coefficient (Wildman–Crippen LogP) is 1.53. The van der Waals surface area contributed by atoms with Crippen LogP contribution in [0.15, 0.2) is 29.2 Å². The van der Waals surface area contributed by atoms with Gasteiger partial charge in [-0.2, -0.15) is 0 Å². The first-order chi connectivity index (χ1) is 7.05. The van der Waals surface area contributed by atoms with E-state index in [2.05, 4.69) is 11.2 Å². The lowest BCUT2D eigenvalue weighted by atomic mass is 10.3. The molecule has 0 radical (unpaired) electrons. The van der Waals surface area contributed by atoms with E-state index in [1.807, 2.05) is 0 Å². The van der Waals surface area contributed by atoms with Gasteiger partial charge in [0.1, 0.15) is 0 Å². The SMILES string of the molecule is C#CCCNc1ccccc1S(C)(=O)=O. The number of benzene rings is 1. The molecule has 0 fully saturated rings. The molecule has 0 spiro atoms. The van der Waals surface area contributed by atoms with Crippen LogP contribution >= 0.6 is 0 Å². The third-order valence-corrected chi connectivity index (χ3v) is 3.03. The summed E-state index contributed by atoms with van der Waals surface area (Å²) in [6.07, 6.45) is 6.87. The highest BCUT2D eigenvalue weighted by Gasteiger charge is 2.11. The third kappa shape index (κ3) is 3.30. The molecule has 4 heteroatoms. The minimum Gasteiger partial charge on any atom is -0.383 e. The Morgan fingerprint density at radius 1 is 1.40 bits per heavy atom. The van der Waals surface area contributed by atoms with E-state index in [9.17, 15) is 8.42 Å². The van der Waals surface area contributed by atoms with Gasteiger partial charge < -0.3 is 5.32 Å². The zero-order valence-corrected chi connectivity index (χ0v) is 9.34. The van der Waals surface area contributed by atoms with Crippen molar-refractivity contribution in [3.8, 4) is 12.3 Å². The Morgan fingerprint density at radius 3 is 2.67 bits per heavy atom. The standard InChI is InChI=1S/C11H13NO2S/c1-3-4-9-12-10-7-5-6-8-11(10)15(2,13)14/h1,5-8,12H,4,9H2,2H3. The third-order valence-electron chi connectivity index (χ3n) is 1.87. The molecular formula is C11H13NO2S. The summed E-state index contributed by atoms with van der Waals surface area (Å²) in [4.78, 5) is 0.307. The van der Waals surface area contributed by atoms with Crippen molar-refractivity contribution in [2.24, 2.45) is 0 Å². The summed E-state index contributed by atoms with van der Waals surface area (Å²) in [6, 6.07) is 6.79. The van der Waals surface area contributed by atoms with E-state index in [0.29, 0.717) is 23.5 Å². The van der Waals surface area contributed by atoms with E-state index >= 15 is 0 Å². The highest BCUT2D eigenvalue weighted by molar-refractivity contribution is 7.90. The normalized spacial score (nSPS) is 10.7. The topological polar surface area (TPSA) is 46.2 Å². The monoisotopic (exact) mass is 223 g/mol. The highest BCUT2D eigenvalue weighted by atomic mass is 32.2. The van der Waals surface area contributed by atoms with Crippen LogP contribution in [0.1, 0.15) is 6.42 Å². The number of sulfone groups is 1. The summed E-state index contributed by atoms with van der Waals surface area (Å²) in [5, 5.41) is 3.00. The van der Waals surface area contributed by atoms with E-state index in [1.54, 1.807) is 24.3 Å². The van der Waals surface area contributed by atoms with Crippen LogP contribution in [0, 0.1) is 12.3 Å². The average Bonchev–Trinajstić information content (AvgIpc) is 2.17. The Labute approximate surface area is 90.4 Å². The Kier molecular flexibility index (Phi) is 3.75. The van der Waals surface area contributed by atoms with Gasteiger partial charge in [0, 0.05) is 19.2 Å². The van der Waals surface area contributed by atoms with Gasteiger partial charge in [-0.05, 0) is 12.1 Å². The number of nitrogens with one attached hydrogen (secondary N) is 1. The Morgan fingerprint density at radius 2 is 2.07 bits per heavy atom. The molecule has 0 atom stereocenters. The highest BCUT2D eigenvalue weighted by Crippen LogP contribution is 2.20. The maximum atomic E-state index is 11.4. The van der Waals surface area contributed by atoms with Crippen LogP contribution in [0.2, 0.25) is 0 Å². The van der Waals surface area contributed by atoms with Gasteiger partial charge >= 0.3 is 0 Å². The van der Waals surface area contributed by atoms with Crippen molar-refractivity contribution in [2.75, 3.05) is 18.1 Å². The van der Waals surface area contributed by atoms with Crippen molar-refractivity contribution in [1.82, 2.24) is 0 Å². The number of para-hydroxylation sites is 1. The van der Waals surface area contributed by atoms with Crippen molar-refractivity contribution >= 4 is 15.5 Å². The maximum absolute atomic E-state index is 11.4. The van der Waals surface area contributed by atoms with Crippen molar-refractivity contribution in [1.29, 1.82) is 0 Å². The molecule has 15 heavy (non-hydrogen) atoms. The van der Waals surface area contributed by atoms with Crippen LogP contribution in [-0.2, 0) is 9.84 Å².